The van der Waals surface area contributed by atoms with Gasteiger partial charge in [0.15, 0.2) is 0 Å². The van der Waals surface area contributed by atoms with E-state index < -0.39 is 0 Å². The molecule has 3 heteroatoms. The minimum Gasteiger partial charge on any atom is -0.250 e. The van der Waals surface area contributed by atoms with Crippen LogP contribution in [0.15, 0.2) is 0 Å². The number of hydrogen-bond donors (Lipinski definition) is 0. The number of aryl methyl sites for hydroxylation is 2. The molecule has 0 amide bonds. The lowest BCUT2D eigenvalue weighted by molar-refractivity contribution is 0.520. The van der Waals surface area contributed by atoms with Gasteiger partial charge in [-0.3, -0.25) is 0 Å². The monoisotopic (exact) mass is 225 g/mol. The van der Waals surface area contributed by atoms with Crippen LogP contribution in [0.3, 0.4) is 0 Å². The van der Waals surface area contributed by atoms with Crippen LogP contribution >= 0.6 is 0 Å². The van der Waals surface area contributed by atoms with Crippen molar-refractivity contribution in [3.05, 3.63) is 11.6 Å². The zero-order chi connectivity index (χ0) is 12.6. The summed E-state index contributed by atoms with van der Waals surface area (Å²) in [5.41, 5.74) is 0. The molecule has 0 aliphatic carbocycles. The van der Waals surface area contributed by atoms with Crippen molar-refractivity contribution in [3.63, 3.8) is 0 Å². The van der Waals surface area contributed by atoms with Crippen LogP contribution in [-0.2, 0) is 6.54 Å². The first-order valence-corrected chi connectivity index (χ1v) is 6.60. The van der Waals surface area contributed by atoms with Crippen molar-refractivity contribution in [2.75, 3.05) is 0 Å². The van der Waals surface area contributed by atoms with E-state index in [1.807, 2.05) is 20.8 Å². The molecule has 1 aromatic heterocycles. The van der Waals surface area contributed by atoms with Gasteiger partial charge in [0.2, 0.25) is 0 Å². The zero-order valence-electron chi connectivity index (χ0n) is 11.7. The van der Waals surface area contributed by atoms with Gasteiger partial charge in [0.25, 0.3) is 0 Å². The maximum Gasteiger partial charge on any atom is 0.147 e. The Morgan fingerprint density at radius 3 is 2.31 bits per heavy atom. The van der Waals surface area contributed by atoms with Crippen molar-refractivity contribution < 1.29 is 0 Å². The van der Waals surface area contributed by atoms with E-state index in [9.17, 15) is 0 Å². The summed E-state index contributed by atoms with van der Waals surface area (Å²) < 4.78 is 2.07. The Kier molecular flexibility index (Phi) is 7.86. The van der Waals surface area contributed by atoms with Crippen LogP contribution in [0.1, 0.15) is 71.4 Å². The van der Waals surface area contributed by atoms with Crippen LogP contribution in [0, 0.1) is 6.92 Å². The highest BCUT2D eigenvalue weighted by molar-refractivity contribution is 4.97. The third kappa shape index (κ3) is 4.33. The zero-order valence-corrected chi connectivity index (χ0v) is 11.7. The number of hydrogen-bond acceptors (Lipinski definition) is 2. The van der Waals surface area contributed by atoms with Crippen LogP contribution in [0.25, 0.3) is 0 Å². The second kappa shape index (κ2) is 8.31. The van der Waals surface area contributed by atoms with Gasteiger partial charge in [-0.25, -0.2) is 9.67 Å². The first kappa shape index (κ1) is 15.1. The average Bonchev–Trinajstić information content (AvgIpc) is 2.63. The summed E-state index contributed by atoms with van der Waals surface area (Å²) in [6, 6.07) is 0. The number of aromatic nitrogens is 3. The third-order valence-electron chi connectivity index (χ3n) is 2.40. The molecule has 0 fully saturated rings. The molecule has 0 aliphatic heterocycles. The fraction of sp³-hybridized carbons (Fsp3) is 0.846. The smallest absolute Gasteiger partial charge is 0.147 e. The van der Waals surface area contributed by atoms with Crippen LogP contribution in [0.4, 0.5) is 0 Å². The van der Waals surface area contributed by atoms with E-state index in [2.05, 4.69) is 35.5 Å². The quantitative estimate of drug-likeness (QED) is 0.760. The molecule has 16 heavy (non-hydrogen) atoms. The van der Waals surface area contributed by atoms with E-state index in [4.69, 9.17) is 0 Å². The molecule has 1 unspecified atom stereocenters. The molecular weight excluding hydrogens is 198 g/mol. The Morgan fingerprint density at radius 1 is 1.19 bits per heavy atom. The Bertz CT molecular complexity index is 279. The standard InChI is InChI=1S/C11H21N3.C2H6/c1-5-7-9(3)11-12-10(4)13-14(11)8-6-2;1-2/h9H,5-8H2,1-4H3;1-2H3. The van der Waals surface area contributed by atoms with Gasteiger partial charge < -0.3 is 0 Å². The average molecular weight is 225 g/mol. The summed E-state index contributed by atoms with van der Waals surface area (Å²) in [6.45, 7) is 13.6. The van der Waals surface area contributed by atoms with Crippen molar-refractivity contribution in [3.8, 4) is 0 Å². The highest BCUT2D eigenvalue weighted by atomic mass is 15.3. The highest BCUT2D eigenvalue weighted by Gasteiger charge is 2.13. The fourth-order valence-corrected chi connectivity index (χ4v) is 1.77. The van der Waals surface area contributed by atoms with Gasteiger partial charge in [0.05, 0.1) is 0 Å². The predicted octanol–water partition coefficient (Wildman–Crippen LogP) is 3.93. The predicted molar refractivity (Wildman–Crippen MR) is 69.7 cm³/mol. The Labute approximate surface area is 100 Å². The SMILES string of the molecule is CC.CCCC(C)c1nc(C)nn1CCC. The summed E-state index contributed by atoms with van der Waals surface area (Å²) >= 11 is 0. The molecule has 1 rings (SSSR count). The molecule has 0 spiro atoms. The van der Waals surface area contributed by atoms with Gasteiger partial charge in [-0.15, -0.1) is 0 Å². The molecule has 1 atom stereocenters. The molecule has 0 saturated carbocycles. The number of rotatable bonds is 5. The molecule has 0 radical (unpaired) electrons. The van der Waals surface area contributed by atoms with E-state index in [0.717, 1.165) is 24.6 Å². The highest BCUT2D eigenvalue weighted by Crippen LogP contribution is 2.18. The summed E-state index contributed by atoms with van der Waals surface area (Å²) in [6.07, 6.45) is 3.52. The van der Waals surface area contributed by atoms with Crippen molar-refractivity contribution in [1.29, 1.82) is 0 Å². The van der Waals surface area contributed by atoms with E-state index in [1.54, 1.807) is 0 Å². The van der Waals surface area contributed by atoms with E-state index in [1.165, 1.54) is 12.8 Å². The van der Waals surface area contributed by atoms with E-state index in [0.29, 0.717) is 5.92 Å². The van der Waals surface area contributed by atoms with Crippen LogP contribution in [0.5, 0.6) is 0 Å². The van der Waals surface area contributed by atoms with Crippen LogP contribution in [0.2, 0.25) is 0 Å². The normalized spacial score (nSPS) is 11.9. The third-order valence-corrected chi connectivity index (χ3v) is 2.40. The number of nitrogens with zero attached hydrogens (tertiary/aromatic N) is 3. The van der Waals surface area contributed by atoms with E-state index in [-0.39, 0.29) is 0 Å². The Morgan fingerprint density at radius 2 is 1.81 bits per heavy atom. The molecule has 0 aliphatic rings. The second-order valence-corrected chi connectivity index (χ2v) is 3.93. The van der Waals surface area contributed by atoms with Gasteiger partial charge in [-0.1, -0.05) is 41.0 Å². The molecule has 0 aromatic carbocycles. The topological polar surface area (TPSA) is 30.7 Å². The van der Waals surface area contributed by atoms with Crippen molar-refractivity contribution in [2.24, 2.45) is 0 Å². The molecule has 1 heterocycles. The van der Waals surface area contributed by atoms with Crippen LogP contribution in [-0.4, -0.2) is 14.8 Å². The second-order valence-electron chi connectivity index (χ2n) is 3.93. The maximum atomic E-state index is 4.50. The first-order valence-electron chi connectivity index (χ1n) is 6.60. The van der Waals surface area contributed by atoms with Gasteiger partial charge in [-0.2, -0.15) is 5.10 Å². The lowest BCUT2D eigenvalue weighted by Crippen LogP contribution is -2.08. The molecular formula is C13H27N3. The molecule has 94 valence electrons. The first-order chi connectivity index (χ1) is 7.69. The minimum atomic E-state index is 0.535. The summed E-state index contributed by atoms with van der Waals surface area (Å²) in [5, 5.41) is 4.41. The summed E-state index contributed by atoms with van der Waals surface area (Å²) in [4.78, 5) is 4.50. The largest absolute Gasteiger partial charge is 0.250 e. The van der Waals surface area contributed by atoms with Gasteiger partial charge in [-0.05, 0) is 19.8 Å². The molecule has 0 N–H and O–H groups in total. The summed E-state index contributed by atoms with van der Waals surface area (Å²) in [7, 11) is 0. The Balaban J connectivity index is 0.00000106. The van der Waals surface area contributed by atoms with Crippen molar-refractivity contribution >= 4 is 0 Å². The van der Waals surface area contributed by atoms with Crippen molar-refractivity contribution in [1.82, 2.24) is 14.8 Å². The van der Waals surface area contributed by atoms with Crippen molar-refractivity contribution in [2.45, 2.75) is 73.3 Å². The van der Waals surface area contributed by atoms with Gasteiger partial charge >= 0.3 is 0 Å². The maximum absolute atomic E-state index is 4.50. The molecule has 0 saturated heterocycles. The molecule has 3 nitrogen and oxygen atoms in total. The summed E-state index contributed by atoms with van der Waals surface area (Å²) in [5.74, 6) is 2.59. The van der Waals surface area contributed by atoms with Gasteiger partial charge in [0.1, 0.15) is 11.6 Å². The lowest BCUT2D eigenvalue weighted by Gasteiger charge is -2.10. The minimum absolute atomic E-state index is 0.535. The lowest BCUT2D eigenvalue weighted by atomic mass is 10.1. The Hall–Kier alpha value is -0.860. The van der Waals surface area contributed by atoms with Crippen LogP contribution < -0.4 is 0 Å². The van der Waals surface area contributed by atoms with Gasteiger partial charge in [0, 0.05) is 12.5 Å². The molecule has 0 bridgehead atoms. The molecule has 1 aromatic rings. The fourth-order valence-electron chi connectivity index (χ4n) is 1.77. The van der Waals surface area contributed by atoms with E-state index >= 15 is 0 Å².